The Morgan fingerprint density at radius 3 is 2.80 bits per heavy atom. The van der Waals surface area contributed by atoms with E-state index in [0.717, 1.165) is 16.1 Å². The van der Waals surface area contributed by atoms with Gasteiger partial charge in [-0.25, -0.2) is 0 Å². The van der Waals surface area contributed by atoms with Crippen molar-refractivity contribution in [1.82, 2.24) is 0 Å². The van der Waals surface area contributed by atoms with Crippen LogP contribution in [-0.4, -0.2) is 6.04 Å². The molecule has 0 aliphatic heterocycles. The number of nitrogens with one attached hydrogen (secondary N) is 1. The van der Waals surface area contributed by atoms with E-state index < -0.39 is 0 Å². The van der Waals surface area contributed by atoms with Crippen molar-refractivity contribution in [3.63, 3.8) is 0 Å². The van der Waals surface area contributed by atoms with E-state index in [1.807, 2.05) is 18.2 Å². The summed E-state index contributed by atoms with van der Waals surface area (Å²) in [5.41, 5.74) is 1.76. The lowest BCUT2D eigenvalue weighted by molar-refractivity contribution is 0.694. The molecule has 3 heteroatoms. The van der Waals surface area contributed by atoms with Gasteiger partial charge in [-0.05, 0) is 59.8 Å². The number of hydrogen-bond donors (Lipinski definition) is 1. The van der Waals surface area contributed by atoms with Gasteiger partial charge in [-0.3, -0.25) is 0 Å². The second kappa shape index (κ2) is 4.24. The fourth-order valence-electron chi connectivity index (χ4n) is 1.67. The highest BCUT2D eigenvalue weighted by atomic mass is 79.9. The third-order valence-electron chi connectivity index (χ3n) is 2.81. The van der Waals surface area contributed by atoms with Gasteiger partial charge >= 0.3 is 0 Å². The van der Waals surface area contributed by atoms with Crippen molar-refractivity contribution in [2.45, 2.75) is 25.8 Å². The minimum absolute atomic E-state index is 0.532. The van der Waals surface area contributed by atoms with Crippen molar-refractivity contribution in [3.8, 4) is 6.07 Å². The van der Waals surface area contributed by atoms with Crippen molar-refractivity contribution in [3.05, 3.63) is 28.2 Å². The molecule has 2 nitrogen and oxygen atoms in total. The van der Waals surface area contributed by atoms with Crippen LogP contribution in [0.4, 0.5) is 5.69 Å². The number of rotatable bonds is 3. The topological polar surface area (TPSA) is 35.8 Å². The van der Waals surface area contributed by atoms with Crippen LogP contribution in [0.3, 0.4) is 0 Å². The third-order valence-corrected chi connectivity index (χ3v) is 3.47. The average Bonchev–Trinajstić information content (AvgIpc) is 3.01. The van der Waals surface area contributed by atoms with Gasteiger partial charge in [0.2, 0.25) is 0 Å². The molecule has 2 rings (SSSR count). The van der Waals surface area contributed by atoms with Gasteiger partial charge in [0.1, 0.15) is 6.07 Å². The molecule has 1 unspecified atom stereocenters. The molecule has 0 amide bonds. The molecular formula is C12H13BrN2. The average molecular weight is 265 g/mol. The molecular weight excluding hydrogens is 252 g/mol. The van der Waals surface area contributed by atoms with E-state index in [1.165, 1.54) is 12.8 Å². The molecule has 0 saturated heterocycles. The Morgan fingerprint density at radius 1 is 1.53 bits per heavy atom. The minimum Gasteiger partial charge on any atom is -0.382 e. The molecule has 78 valence electrons. The highest BCUT2D eigenvalue weighted by Gasteiger charge is 2.27. The van der Waals surface area contributed by atoms with E-state index in [2.05, 4.69) is 34.2 Å². The standard InChI is InChI=1S/C12H13BrN2/c1-8(9-2-3-9)15-11-5-4-10(7-14)12(13)6-11/h4-6,8-9,15H,2-3H2,1H3. The van der Waals surface area contributed by atoms with E-state index in [0.29, 0.717) is 11.6 Å². The van der Waals surface area contributed by atoms with Gasteiger partial charge in [-0.15, -0.1) is 0 Å². The summed E-state index contributed by atoms with van der Waals surface area (Å²) in [6.07, 6.45) is 2.68. The summed E-state index contributed by atoms with van der Waals surface area (Å²) in [6, 6.07) is 8.44. The predicted octanol–water partition coefficient (Wildman–Crippen LogP) is 3.53. The molecule has 0 aromatic heterocycles. The van der Waals surface area contributed by atoms with Gasteiger partial charge in [0.25, 0.3) is 0 Å². The van der Waals surface area contributed by atoms with Crippen LogP contribution in [0, 0.1) is 17.2 Å². The summed E-state index contributed by atoms with van der Waals surface area (Å²) < 4.78 is 0.859. The number of nitriles is 1. The zero-order chi connectivity index (χ0) is 10.8. The number of halogens is 1. The van der Waals surface area contributed by atoms with Gasteiger partial charge in [0, 0.05) is 16.2 Å². The molecule has 1 saturated carbocycles. The SMILES string of the molecule is CC(Nc1ccc(C#N)c(Br)c1)C1CC1. The Morgan fingerprint density at radius 2 is 2.27 bits per heavy atom. The first kappa shape index (κ1) is 10.5. The first-order valence-electron chi connectivity index (χ1n) is 5.17. The first-order valence-corrected chi connectivity index (χ1v) is 5.96. The van der Waals surface area contributed by atoms with Crippen molar-refractivity contribution in [2.24, 2.45) is 5.92 Å². The summed E-state index contributed by atoms with van der Waals surface area (Å²) in [5.74, 6) is 0.833. The number of hydrogen-bond acceptors (Lipinski definition) is 2. The number of benzene rings is 1. The van der Waals surface area contributed by atoms with Crippen LogP contribution in [0.2, 0.25) is 0 Å². The van der Waals surface area contributed by atoms with Crippen LogP contribution < -0.4 is 5.32 Å². The lowest BCUT2D eigenvalue weighted by atomic mass is 10.2. The van der Waals surface area contributed by atoms with Crippen molar-refractivity contribution < 1.29 is 0 Å². The minimum atomic E-state index is 0.532. The molecule has 1 aliphatic rings. The van der Waals surface area contributed by atoms with Crippen molar-refractivity contribution in [1.29, 1.82) is 5.26 Å². The van der Waals surface area contributed by atoms with Crippen LogP contribution in [-0.2, 0) is 0 Å². The molecule has 0 spiro atoms. The maximum atomic E-state index is 8.79. The van der Waals surface area contributed by atoms with E-state index in [4.69, 9.17) is 5.26 Å². The van der Waals surface area contributed by atoms with Gasteiger partial charge < -0.3 is 5.32 Å². The zero-order valence-electron chi connectivity index (χ0n) is 8.63. The van der Waals surface area contributed by atoms with Crippen LogP contribution in [0.25, 0.3) is 0 Å². The molecule has 1 atom stereocenters. The third kappa shape index (κ3) is 2.51. The van der Waals surface area contributed by atoms with E-state index in [1.54, 1.807) is 0 Å². The Labute approximate surface area is 98.4 Å². The van der Waals surface area contributed by atoms with Crippen molar-refractivity contribution in [2.75, 3.05) is 5.32 Å². The molecule has 1 aromatic carbocycles. The van der Waals surface area contributed by atoms with Crippen LogP contribution in [0.1, 0.15) is 25.3 Å². The molecule has 15 heavy (non-hydrogen) atoms. The fraction of sp³-hybridized carbons (Fsp3) is 0.417. The number of anilines is 1. The second-order valence-electron chi connectivity index (χ2n) is 4.08. The second-order valence-corrected chi connectivity index (χ2v) is 4.93. The molecule has 0 heterocycles. The van der Waals surface area contributed by atoms with Crippen molar-refractivity contribution >= 4 is 21.6 Å². The largest absolute Gasteiger partial charge is 0.382 e. The van der Waals surface area contributed by atoms with Gasteiger partial charge in [-0.1, -0.05) is 0 Å². The van der Waals surface area contributed by atoms with Gasteiger partial charge in [-0.2, -0.15) is 5.26 Å². The quantitative estimate of drug-likeness (QED) is 0.907. The molecule has 0 radical (unpaired) electrons. The Balaban J connectivity index is 2.09. The summed E-state index contributed by atoms with van der Waals surface area (Å²) in [4.78, 5) is 0. The summed E-state index contributed by atoms with van der Waals surface area (Å²) in [7, 11) is 0. The van der Waals surface area contributed by atoms with E-state index in [-0.39, 0.29) is 0 Å². The number of nitrogens with zero attached hydrogens (tertiary/aromatic N) is 1. The highest BCUT2D eigenvalue weighted by Crippen LogP contribution is 2.34. The monoisotopic (exact) mass is 264 g/mol. The Hall–Kier alpha value is -1.01. The summed E-state index contributed by atoms with van der Waals surface area (Å²) in [6.45, 7) is 2.21. The fourth-order valence-corrected chi connectivity index (χ4v) is 2.14. The highest BCUT2D eigenvalue weighted by molar-refractivity contribution is 9.10. The lowest BCUT2D eigenvalue weighted by Crippen LogP contribution is -2.17. The normalized spacial score (nSPS) is 16.9. The first-order chi connectivity index (χ1) is 7.20. The van der Waals surface area contributed by atoms with Crippen LogP contribution in [0.15, 0.2) is 22.7 Å². The molecule has 1 fully saturated rings. The zero-order valence-corrected chi connectivity index (χ0v) is 10.2. The van der Waals surface area contributed by atoms with Crippen LogP contribution in [0.5, 0.6) is 0 Å². The maximum absolute atomic E-state index is 8.79. The Bertz CT molecular complexity index is 405. The molecule has 1 N–H and O–H groups in total. The maximum Gasteiger partial charge on any atom is 0.100 e. The summed E-state index contributed by atoms with van der Waals surface area (Å²) in [5, 5.41) is 12.2. The van der Waals surface area contributed by atoms with Gasteiger partial charge in [0.05, 0.1) is 5.56 Å². The molecule has 1 aromatic rings. The predicted molar refractivity (Wildman–Crippen MR) is 64.7 cm³/mol. The smallest absolute Gasteiger partial charge is 0.100 e. The van der Waals surface area contributed by atoms with E-state index >= 15 is 0 Å². The Kier molecular flexibility index (Phi) is 2.97. The van der Waals surface area contributed by atoms with E-state index in [9.17, 15) is 0 Å². The molecule has 0 bridgehead atoms. The summed E-state index contributed by atoms with van der Waals surface area (Å²) >= 11 is 3.39. The lowest BCUT2D eigenvalue weighted by Gasteiger charge is -2.14. The van der Waals surface area contributed by atoms with Gasteiger partial charge in [0.15, 0.2) is 0 Å². The molecule has 1 aliphatic carbocycles. The van der Waals surface area contributed by atoms with Crippen LogP contribution >= 0.6 is 15.9 Å².